The minimum Gasteiger partial charge on any atom is -0.493 e. The predicted molar refractivity (Wildman–Crippen MR) is 67.5 cm³/mol. The highest BCUT2D eigenvalue weighted by Crippen LogP contribution is 2.30. The number of hydrogen-bond acceptors (Lipinski definition) is 4. The summed E-state index contributed by atoms with van der Waals surface area (Å²) in [5.41, 5.74) is 0.304. The van der Waals surface area contributed by atoms with Crippen LogP contribution in [0.1, 0.15) is 38.2 Å². The molecule has 0 N–H and O–H groups in total. The van der Waals surface area contributed by atoms with Crippen molar-refractivity contribution >= 4 is 5.97 Å². The summed E-state index contributed by atoms with van der Waals surface area (Å²) in [5.74, 6) is 0.284. The van der Waals surface area contributed by atoms with E-state index in [9.17, 15) is 4.79 Å². The first kappa shape index (κ1) is 14.0. The molecule has 4 heteroatoms. The number of rotatable bonds is 6. The average Bonchev–Trinajstić information content (AvgIpc) is 2.39. The summed E-state index contributed by atoms with van der Waals surface area (Å²) >= 11 is 0. The minimum absolute atomic E-state index is 0.212. The molecular weight excluding hydrogens is 230 g/mol. The molecule has 18 heavy (non-hydrogen) atoms. The molecule has 0 aromatic heterocycles. The molecule has 0 aliphatic heterocycles. The maximum Gasteiger partial charge on any atom is 0.311 e. The van der Waals surface area contributed by atoms with E-state index in [2.05, 4.69) is 6.92 Å². The van der Waals surface area contributed by atoms with Crippen molar-refractivity contribution < 1.29 is 14.3 Å². The Morgan fingerprint density at radius 3 is 2.78 bits per heavy atom. The summed E-state index contributed by atoms with van der Waals surface area (Å²) in [5, 5.41) is 8.97. The van der Waals surface area contributed by atoms with E-state index >= 15 is 0 Å². The Bertz CT molecular complexity index is 449. The predicted octanol–water partition coefficient (Wildman–Crippen LogP) is 3.05. The number of para-hydroxylation sites is 1. The molecule has 96 valence electrons. The van der Waals surface area contributed by atoms with Crippen LogP contribution in [-0.2, 0) is 4.79 Å². The number of unbranched alkanes of at least 4 members (excludes halogenated alkanes) is 2. The van der Waals surface area contributed by atoms with Gasteiger partial charge in [0.2, 0.25) is 0 Å². The Hall–Kier alpha value is -2.02. The molecule has 1 aromatic rings. The molecule has 1 rings (SSSR count). The molecule has 0 unspecified atom stereocenters. The van der Waals surface area contributed by atoms with E-state index in [0.29, 0.717) is 17.7 Å². The Labute approximate surface area is 107 Å². The number of carbonyl (C=O) groups excluding carboxylic acids is 1. The monoisotopic (exact) mass is 247 g/mol. The van der Waals surface area contributed by atoms with Crippen molar-refractivity contribution in [2.75, 3.05) is 7.11 Å². The Kier molecular flexibility index (Phi) is 5.72. The van der Waals surface area contributed by atoms with Crippen LogP contribution in [0.15, 0.2) is 18.2 Å². The van der Waals surface area contributed by atoms with E-state index in [0.717, 1.165) is 19.3 Å². The third-order valence-corrected chi connectivity index (χ3v) is 2.52. The molecule has 0 fully saturated rings. The van der Waals surface area contributed by atoms with Crippen molar-refractivity contribution in [3.63, 3.8) is 0 Å². The maximum absolute atomic E-state index is 11.6. The maximum atomic E-state index is 11.6. The molecule has 0 aliphatic carbocycles. The second kappa shape index (κ2) is 7.33. The molecule has 0 amide bonds. The second-order valence-electron chi connectivity index (χ2n) is 3.88. The molecule has 0 heterocycles. The van der Waals surface area contributed by atoms with Crippen LogP contribution in [0.25, 0.3) is 0 Å². The van der Waals surface area contributed by atoms with Crippen molar-refractivity contribution in [3.05, 3.63) is 23.8 Å². The normalized spacial score (nSPS) is 9.61. The molecule has 0 atom stereocenters. The second-order valence-corrected chi connectivity index (χ2v) is 3.88. The van der Waals surface area contributed by atoms with E-state index in [4.69, 9.17) is 14.7 Å². The Morgan fingerprint density at radius 1 is 1.39 bits per heavy atom. The molecule has 0 spiro atoms. The highest BCUT2D eigenvalue weighted by molar-refractivity contribution is 5.74. The smallest absolute Gasteiger partial charge is 0.311 e. The third kappa shape index (κ3) is 3.77. The molecule has 0 radical (unpaired) electrons. The summed E-state index contributed by atoms with van der Waals surface area (Å²) in [6.45, 7) is 2.07. The molecule has 0 saturated carbocycles. The van der Waals surface area contributed by atoms with Gasteiger partial charge in [0.05, 0.1) is 12.7 Å². The van der Waals surface area contributed by atoms with Crippen LogP contribution in [0.3, 0.4) is 0 Å². The van der Waals surface area contributed by atoms with Crippen LogP contribution < -0.4 is 9.47 Å². The number of ether oxygens (including phenoxy) is 2. The van der Waals surface area contributed by atoms with Crippen LogP contribution in [0, 0.1) is 11.3 Å². The lowest BCUT2D eigenvalue weighted by molar-refractivity contribution is -0.134. The highest BCUT2D eigenvalue weighted by Gasteiger charge is 2.14. The van der Waals surface area contributed by atoms with E-state index in [-0.39, 0.29) is 11.7 Å². The summed E-state index contributed by atoms with van der Waals surface area (Å²) in [6, 6.07) is 6.93. The van der Waals surface area contributed by atoms with Gasteiger partial charge in [-0.25, -0.2) is 0 Å². The van der Waals surface area contributed by atoms with Gasteiger partial charge in [-0.3, -0.25) is 4.79 Å². The van der Waals surface area contributed by atoms with Crippen molar-refractivity contribution in [3.8, 4) is 17.6 Å². The quantitative estimate of drug-likeness (QED) is 0.440. The van der Waals surface area contributed by atoms with E-state index in [1.54, 1.807) is 18.2 Å². The first-order valence-corrected chi connectivity index (χ1v) is 6.00. The molecule has 0 bridgehead atoms. The topological polar surface area (TPSA) is 59.3 Å². The molecular formula is C14H17NO3. The van der Waals surface area contributed by atoms with Crippen molar-refractivity contribution in [1.29, 1.82) is 5.26 Å². The number of methoxy groups -OCH3 is 1. The largest absolute Gasteiger partial charge is 0.493 e. The molecule has 1 aromatic carbocycles. The fourth-order valence-electron chi connectivity index (χ4n) is 1.55. The zero-order valence-corrected chi connectivity index (χ0v) is 10.7. The third-order valence-electron chi connectivity index (χ3n) is 2.52. The van der Waals surface area contributed by atoms with E-state index < -0.39 is 0 Å². The lowest BCUT2D eigenvalue weighted by Crippen LogP contribution is -2.09. The summed E-state index contributed by atoms with van der Waals surface area (Å²) in [7, 11) is 1.48. The fraction of sp³-hybridized carbons (Fsp3) is 0.429. The number of nitriles is 1. The van der Waals surface area contributed by atoms with Gasteiger partial charge < -0.3 is 9.47 Å². The Balaban J connectivity index is 2.77. The molecule has 4 nitrogen and oxygen atoms in total. The van der Waals surface area contributed by atoms with E-state index in [1.807, 2.05) is 6.07 Å². The van der Waals surface area contributed by atoms with Crippen molar-refractivity contribution in [1.82, 2.24) is 0 Å². The number of benzene rings is 1. The van der Waals surface area contributed by atoms with Crippen molar-refractivity contribution in [2.24, 2.45) is 0 Å². The summed E-state index contributed by atoms with van der Waals surface area (Å²) in [6.07, 6.45) is 3.20. The minimum atomic E-state index is -0.329. The Morgan fingerprint density at radius 2 is 2.17 bits per heavy atom. The van der Waals surface area contributed by atoms with Gasteiger partial charge in [0, 0.05) is 6.42 Å². The summed E-state index contributed by atoms with van der Waals surface area (Å²) in [4.78, 5) is 11.6. The van der Waals surface area contributed by atoms with Crippen LogP contribution in [0.4, 0.5) is 0 Å². The number of carbonyl (C=O) groups is 1. The van der Waals surface area contributed by atoms with Crippen LogP contribution in [0.2, 0.25) is 0 Å². The zero-order chi connectivity index (χ0) is 13.4. The van der Waals surface area contributed by atoms with Crippen molar-refractivity contribution in [2.45, 2.75) is 32.6 Å². The number of esters is 1. The SMILES string of the molecule is CCCCCC(=O)Oc1c(C#N)cccc1OC. The van der Waals surface area contributed by atoms with Gasteiger partial charge in [0.1, 0.15) is 6.07 Å². The van der Waals surface area contributed by atoms with E-state index in [1.165, 1.54) is 7.11 Å². The zero-order valence-electron chi connectivity index (χ0n) is 10.7. The standard InChI is InChI=1S/C14H17NO3/c1-3-4-5-9-13(16)18-14-11(10-15)7-6-8-12(14)17-2/h6-8H,3-5,9H2,1-2H3. The van der Waals surface area contributed by atoms with Gasteiger partial charge in [-0.1, -0.05) is 25.8 Å². The first-order valence-electron chi connectivity index (χ1n) is 6.00. The van der Waals surface area contributed by atoms with Gasteiger partial charge >= 0.3 is 5.97 Å². The van der Waals surface area contributed by atoms with Gasteiger partial charge in [-0.15, -0.1) is 0 Å². The van der Waals surface area contributed by atoms with Crippen LogP contribution in [-0.4, -0.2) is 13.1 Å². The van der Waals surface area contributed by atoms with Gasteiger partial charge in [0.15, 0.2) is 11.5 Å². The summed E-state index contributed by atoms with van der Waals surface area (Å²) < 4.78 is 10.3. The fourth-order valence-corrected chi connectivity index (χ4v) is 1.55. The number of hydrogen-bond donors (Lipinski definition) is 0. The highest BCUT2D eigenvalue weighted by atomic mass is 16.6. The molecule has 0 saturated heterocycles. The van der Waals surface area contributed by atoms with Gasteiger partial charge in [-0.05, 0) is 18.6 Å². The first-order chi connectivity index (χ1) is 8.72. The van der Waals surface area contributed by atoms with Crippen LogP contribution in [0.5, 0.6) is 11.5 Å². The lowest BCUT2D eigenvalue weighted by Gasteiger charge is -2.10. The molecule has 0 aliphatic rings. The number of nitrogens with zero attached hydrogens (tertiary/aromatic N) is 1. The van der Waals surface area contributed by atoms with Crippen LogP contribution >= 0.6 is 0 Å². The lowest BCUT2D eigenvalue weighted by atomic mass is 10.2. The average molecular weight is 247 g/mol. The van der Waals surface area contributed by atoms with Gasteiger partial charge in [0.25, 0.3) is 0 Å². The van der Waals surface area contributed by atoms with Gasteiger partial charge in [-0.2, -0.15) is 5.26 Å².